The van der Waals surface area contributed by atoms with Crippen LogP contribution in [0.4, 0.5) is 11.4 Å². The topological polar surface area (TPSA) is 49.4 Å². The van der Waals surface area contributed by atoms with Crippen molar-refractivity contribution in [2.45, 2.75) is 29.9 Å². The van der Waals surface area contributed by atoms with Gasteiger partial charge in [-0.05, 0) is 55.8 Å². The summed E-state index contributed by atoms with van der Waals surface area (Å²) in [7, 11) is 0. The summed E-state index contributed by atoms with van der Waals surface area (Å²) in [6.45, 7) is 2.60. The van der Waals surface area contributed by atoms with E-state index in [0.717, 1.165) is 23.5 Å². The van der Waals surface area contributed by atoms with E-state index in [-0.39, 0.29) is 17.1 Å². The maximum Gasteiger partial charge on any atom is 0.237 e. The molecule has 3 rings (SSSR count). The summed E-state index contributed by atoms with van der Waals surface area (Å²) < 4.78 is 0. The average molecular weight is 375 g/mol. The zero-order valence-electron chi connectivity index (χ0n) is 13.9. The first-order chi connectivity index (χ1) is 12.0. The van der Waals surface area contributed by atoms with Gasteiger partial charge in [0.2, 0.25) is 11.8 Å². The smallest absolute Gasteiger partial charge is 0.237 e. The fraction of sp³-hybridized carbons (Fsp3) is 0.263. The highest BCUT2D eigenvalue weighted by molar-refractivity contribution is 8.00. The van der Waals surface area contributed by atoms with Gasteiger partial charge in [-0.15, -0.1) is 11.8 Å². The van der Waals surface area contributed by atoms with Gasteiger partial charge in [0.1, 0.15) is 0 Å². The van der Waals surface area contributed by atoms with Crippen molar-refractivity contribution < 1.29 is 9.59 Å². The number of hydrogen-bond acceptors (Lipinski definition) is 3. The Morgan fingerprint density at radius 2 is 2.00 bits per heavy atom. The molecule has 1 aliphatic heterocycles. The molecule has 1 unspecified atom stereocenters. The standard InChI is InChI=1S/C19H19ClN2O2S/c1-13(25-17-9-7-14(20)8-10-17)19(24)21-15-4-2-5-16(12-15)22-11-3-6-18(22)23/h2,4-5,7-10,12-13H,3,6,11H2,1H3,(H,21,24). The highest BCUT2D eigenvalue weighted by atomic mass is 35.5. The van der Waals surface area contributed by atoms with E-state index >= 15 is 0 Å². The van der Waals surface area contributed by atoms with Crippen LogP contribution in [-0.2, 0) is 9.59 Å². The SMILES string of the molecule is CC(Sc1ccc(Cl)cc1)C(=O)Nc1cccc(N2CCCC2=O)c1. The number of thioether (sulfide) groups is 1. The normalized spacial score (nSPS) is 15.3. The summed E-state index contributed by atoms with van der Waals surface area (Å²) in [5.41, 5.74) is 1.53. The van der Waals surface area contributed by atoms with Crippen LogP contribution in [0.5, 0.6) is 0 Å². The van der Waals surface area contributed by atoms with E-state index < -0.39 is 0 Å². The van der Waals surface area contributed by atoms with Crippen LogP contribution in [0.2, 0.25) is 5.02 Å². The molecular formula is C19H19ClN2O2S. The number of anilines is 2. The molecule has 1 saturated heterocycles. The Hall–Kier alpha value is -1.98. The van der Waals surface area contributed by atoms with Crippen molar-refractivity contribution in [3.05, 3.63) is 53.6 Å². The van der Waals surface area contributed by atoms with Gasteiger partial charge in [0.15, 0.2) is 0 Å². The molecule has 4 nitrogen and oxygen atoms in total. The fourth-order valence-electron chi connectivity index (χ4n) is 2.69. The number of rotatable bonds is 5. The van der Waals surface area contributed by atoms with E-state index in [4.69, 9.17) is 11.6 Å². The Morgan fingerprint density at radius 3 is 2.68 bits per heavy atom. The predicted octanol–water partition coefficient (Wildman–Crippen LogP) is 4.59. The first kappa shape index (κ1) is 17.8. The Balaban J connectivity index is 1.64. The van der Waals surface area contributed by atoms with E-state index in [1.807, 2.05) is 55.5 Å². The summed E-state index contributed by atoms with van der Waals surface area (Å²) in [4.78, 5) is 27.1. The fourth-order valence-corrected chi connectivity index (χ4v) is 3.68. The zero-order chi connectivity index (χ0) is 17.8. The lowest BCUT2D eigenvalue weighted by atomic mass is 10.2. The first-order valence-electron chi connectivity index (χ1n) is 8.16. The van der Waals surface area contributed by atoms with Gasteiger partial charge in [-0.2, -0.15) is 0 Å². The van der Waals surface area contributed by atoms with Gasteiger partial charge >= 0.3 is 0 Å². The van der Waals surface area contributed by atoms with Gasteiger partial charge in [0, 0.05) is 34.3 Å². The zero-order valence-corrected chi connectivity index (χ0v) is 15.4. The minimum Gasteiger partial charge on any atom is -0.325 e. The molecule has 1 heterocycles. The molecule has 0 saturated carbocycles. The van der Waals surface area contributed by atoms with Gasteiger partial charge in [-0.25, -0.2) is 0 Å². The lowest BCUT2D eigenvalue weighted by molar-refractivity contribution is -0.117. The number of amides is 2. The van der Waals surface area contributed by atoms with Crippen molar-refractivity contribution in [3.8, 4) is 0 Å². The van der Waals surface area contributed by atoms with Crippen LogP contribution < -0.4 is 10.2 Å². The van der Waals surface area contributed by atoms with Crippen LogP contribution in [0, 0.1) is 0 Å². The summed E-state index contributed by atoms with van der Waals surface area (Å²) in [5, 5.41) is 3.35. The highest BCUT2D eigenvalue weighted by Crippen LogP contribution is 2.27. The van der Waals surface area contributed by atoms with Crippen LogP contribution in [-0.4, -0.2) is 23.6 Å². The Bertz CT molecular complexity index is 779. The second-order valence-corrected chi connectivity index (χ2v) is 7.75. The number of carbonyl (C=O) groups is 2. The second-order valence-electron chi connectivity index (χ2n) is 5.90. The minimum absolute atomic E-state index is 0.0788. The molecule has 0 aliphatic carbocycles. The molecule has 0 bridgehead atoms. The minimum atomic E-state index is -0.252. The number of nitrogens with zero attached hydrogens (tertiary/aromatic N) is 1. The lowest BCUT2D eigenvalue weighted by Crippen LogP contribution is -2.25. The number of halogens is 1. The summed E-state index contributed by atoms with van der Waals surface area (Å²) in [6, 6.07) is 14.9. The molecule has 0 aromatic heterocycles. The van der Waals surface area contributed by atoms with Crippen molar-refractivity contribution >= 4 is 46.6 Å². The average Bonchev–Trinajstić information content (AvgIpc) is 3.03. The van der Waals surface area contributed by atoms with Crippen molar-refractivity contribution in [1.82, 2.24) is 0 Å². The Labute approximate surface area is 156 Å². The molecule has 1 atom stereocenters. The third-order valence-electron chi connectivity index (χ3n) is 3.99. The molecule has 0 spiro atoms. The predicted molar refractivity (Wildman–Crippen MR) is 103 cm³/mol. The monoisotopic (exact) mass is 374 g/mol. The highest BCUT2D eigenvalue weighted by Gasteiger charge is 2.22. The van der Waals surface area contributed by atoms with Crippen LogP contribution in [0.1, 0.15) is 19.8 Å². The lowest BCUT2D eigenvalue weighted by Gasteiger charge is -2.17. The quantitative estimate of drug-likeness (QED) is 0.779. The molecular weight excluding hydrogens is 356 g/mol. The molecule has 2 amide bonds. The van der Waals surface area contributed by atoms with Gasteiger partial charge in [-0.3, -0.25) is 9.59 Å². The first-order valence-corrected chi connectivity index (χ1v) is 9.42. The molecule has 2 aromatic rings. The van der Waals surface area contributed by atoms with E-state index in [9.17, 15) is 9.59 Å². The van der Waals surface area contributed by atoms with Crippen molar-refractivity contribution in [2.24, 2.45) is 0 Å². The maximum absolute atomic E-state index is 12.4. The van der Waals surface area contributed by atoms with E-state index in [0.29, 0.717) is 17.1 Å². The third kappa shape index (κ3) is 4.55. The number of benzene rings is 2. The van der Waals surface area contributed by atoms with Crippen LogP contribution in [0.25, 0.3) is 0 Å². The molecule has 1 fully saturated rings. The molecule has 1 N–H and O–H groups in total. The summed E-state index contributed by atoms with van der Waals surface area (Å²) in [5.74, 6) is 0.0555. The number of nitrogens with one attached hydrogen (secondary N) is 1. The van der Waals surface area contributed by atoms with Crippen molar-refractivity contribution in [1.29, 1.82) is 0 Å². The van der Waals surface area contributed by atoms with Gasteiger partial charge in [-0.1, -0.05) is 17.7 Å². The molecule has 0 radical (unpaired) electrons. The maximum atomic E-state index is 12.4. The van der Waals surface area contributed by atoms with E-state index in [2.05, 4.69) is 5.32 Å². The van der Waals surface area contributed by atoms with Crippen molar-refractivity contribution in [2.75, 3.05) is 16.8 Å². The molecule has 25 heavy (non-hydrogen) atoms. The summed E-state index contributed by atoms with van der Waals surface area (Å²) >= 11 is 7.35. The van der Waals surface area contributed by atoms with E-state index in [1.165, 1.54) is 11.8 Å². The van der Waals surface area contributed by atoms with Gasteiger partial charge in [0.25, 0.3) is 0 Å². The molecule has 130 valence electrons. The van der Waals surface area contributed by atoms with Crippen molar-refractivity contribution in [3.63, 3.8) is 0 Å². The summed E-state index contributed by atoms with van der Waals surface area (Å²) in [6.07, 6.45) is 1.47. The molecule has 1 aliphatic rings. The van der Waals surface area contributed by atoms with Crippen LogP contribution in [0.15, 0.2) is 53.4 Å². The molecule has 2 aromatic carbocycles. The number of carbonyl (C=O) groups excluding carboxylic acids is 2. The Morgan fingerprint density at radius 1 is 1.24 bits per heavy atom. The van der Waals surface area contributed by atoms with E-state index in [1.54, 1.807) is 4.90 Å². The largest absolute Gasteiger partial charge is 0.325 e. The third-order valence-corrected chi connectivity index (χ3v) is 5.36. The van der Waals surface area contributed by atoms with Crippen LogP contribution in [0.3, 0.4) is 0 Å². The van der Waals surface area contributed by atoms with Gasteiger partial charge < -0.3 is 10.2 Å². The number of hydrogen-bond donors (Lipinski definition) is 1. The second kappa shape index (κ2) is 7.93. The Kier molecular flexibility index (Phi) is 5.66. The van der Waals surface area contributed by atoms with Gasteiger partial charge in [0.05, 0.1) is 5.25 Å². The van der Waals surface area contributed by atoms with Crippen LogP contribution >= 0.6 is 23.4 Å². The molecule has 6 heteroatoms.